The van der Waals surface area contributed by atoms with E-state index in [0.29, 0.717) is 6.04 Å². The molecule has 2 N–H and O–H groups in total. The Labute approximate surface area is 163 Å². The topological polar surface area (TPSA) is 88.9 Å². The third-order valence-corrected chi connectivity index (χ3v) is 5.62. The fourth-order valence-electron chi connectivity index (χ4n) is 2.90. The van der Waals surface area contributed by atoms with Crippen molar-refractivity contribution in [1.82, 2.24) is 20.1 Å². The van der Waals surface area contributed by atoms with Crippen LogP contribution in [0.5, 0.6) is 0 Å². The number of hydrogen-bond donors (Lipinski definition) is 2. The van der Waals surface area contributed by atoms with E-state index in [1.54, 1.807) is 0 Å². The minimum absolute atomic E-state index is 0.0636. The molecule has 2 aromatic rings. The summed E-state index contributed by atoms with van der Waals surface area (Å²) in [6.07, 6.45) is 2.26. The molecule has 0 aliphatic heterocycles. The number of rotatable bonds is 7. The van der Waals surface area contributed by atoms with Gasteiger partial charge in [-0.25, -0.2) is 0 Å². The number of hydrogen-bond acceptors (Lipinski definition) is 5. The van der Waals surface area contributed by atoms with Crippen molar-refractivity contribution in [3.05, 3.63) is 35.2 Å². The van der Waals surface area contributed by atoms with E-state index in [-0.39, 0.29) is 23.6 Å². The summed E-state index contributed by atoms with van der Waals surface area (Å²) >= 11 is 1.37. The van der Waals surface area contributed by atoms with Crippen LogP contribution in [0.1, 0.15) is 42.8 Å². The molecular weight excluding hydrogens is 362 g/mol. The molecule has 144 valence electrons. The summed E-state index contributed by atoms with van der Waals surface area (Å²) in [5, 5.41) is 14.3. The van der Waals surface area contributed by atoms with Crippen molar-refractivity contribution in [2.45, 2.75) is 57.0 Å². The number of anilines is 1. The number of thioether (sulfide) groups is 1. The van der Waals surface area contributed by atoms with Crippen molar-refractivity contribution in [3.8, 4) is 0 Å². The second-order valence-electron chi connectivity index (χ2n) is 6.92. The van der Waals surface area contributed by atoms with E-state index in [1.165, 1.54) is 11.8 Å². The van der Waals surface area contributed by atoms with E-state index in [0.717, 1.165) is 40.6 Å². The smallest absolute Gasteiger partial charge is 0.243 e. The van der Waals surface area contributed by atoms with Gasteiger partial charge in [0, 0.05) is 11.7 Å². The number of aromatic nitrogens is 3. The minimum atomic E-state index is -0.362. The second-order valence-corrected chi connectivity index (χ2v) is 8.23. The average molecular weight is 388 g/mol. The normalized spacial score (nSPS) is 14.7. The van der Waals surface area contributed by atoms with E-state index >= 15 is 0 Å². The molecule has 1 fully saturated rings. The first-order valence-electron chi connectivity index (χ1n) is 9.08. The lowest BCUT2D eigenvalue weighted by Crippen LogP contribution is -2.37. The van der Waals surface area contributed by atoms with E-state index in [4.69, 9.17) is 0 Å². The van der Waals surface area contributed by atoms with Gasteiger partial charge in [0.1, 0.15) is 5.82 Å². The van der Waals surface area contributed by atoms with Crippen molar-refractivity contribution in [2.24, 2.45) is 0 Å². The van der Waals surface area contributed by atoms with Crippen LogP contribution in [0.4, 0.5) is 5.69 Å². The van der Waals surface area contributed by atoms with Crippen LogP contribution in [0.3, 0.4) is 0 Å². The number of amides is 2. The maximum atomic E-state index is 12.4. The molecule has 1 aromatic carbocycles. The zero-order valence-electron chi connectivity index (χ0n) is 16.1. The molecule has 3 rings (SSSR count). The number of carbonyl (C=O) groups is 2. The van der Waals surface area contributed by atoms with Gasteiger partial charge in [-0.15, -0.1) is 10.2 Å². The molecule has 2 amide bonds. The molecule has 0 radical (unpaired) electrons. The van der Waals surface area contributed by atoms with Gasteiger partial charge in [-0.05, 0) is 51.7 Å². The lowest BCUT2D eigenvalue weighted by atomic mass is 10.1. The predicted molar refractivity (Wildman–Crippen MR) is 106 cm³/mol. The van der Waals surface area contributed by atoms with Gasteiger partial charge in [0.15, 0.2) is 5.16 Å². The number of nitrogens with zero attached hydrogens (tertiary/aromatic N) is 3. The summed E-state index contributed by atoms with van der Waals surface area (Å²) in [6, 6.07) is 6.29. The minimum Gasteiger partial charge on any atom is -0.346 e. The number of aryl methyl sites for hydroxylation is 3. The fourth-order valence-corrected chi connectivity index (χ4v) is 3.89. The molecule has 0 bridgehead atoms. The largest absolute Gasteiger partial charge is 0.346 e. The summed E-state index contributed by atoms with van der Waals surface area (Å²) < 4.78 is 2.10. The Morgan fingerprint density at radius 1 is 1.22 bits per heavy atom. The highest BCUT2D eigenvalue weighted by molar-refractivity contribution is 8.00. The monoisotopic (exact) mass is 387 g/mol. The van der Waals surface area contributed by atoms with Crippen LogP contribution in [-0.2, 0) is 9.59 Å². The quantitative estimate of drug-likeness (QED) is 0.713. The zero-order valence-corrected chi connectivity index (χ0v) is 16.9. The first kappa shape index (κ1) is 19.4. The predicted octanol–water partition coefficient (Wildman–Crippen LogP) is 2.77. The Morgan fingerprint density at radius 2 is 1.89 bits per heavy atom. The first-order chi connectivity index (χ1) is 12.9. The molecule has 7 nitrogen and oxygen atoms in total. The van der Waals surface area contributed by atoms with Crippen LogP contribution in [-0.4, -0.2) is 38.4 Å². The molecule has 27 heavy (non-hydrogen) atoms. The number of nitrogens with one attached hydrogen (secondary N) is 2. The summed E-state index contributed by atoms with van der Waals surface area (Å²) in [4.78, 5) is 24.6. The molecule has 1 aliphatic rings. The van der Waals surface area contributed by atoms with Gasteiger partial charge in [0.2, 0.25) is 11.8 Å². The van der Waals surface area contributed by atoms with Crippen molar-refractivity contribution >= 4 is 29.3 Å². The highest BCUT2D eigenvalue weighted by Crippen LogP contribution is 2.39. The van der Waals surface area contributed by atoms with Crippen LogP contribution >= 0.6 is 11.8 Å². The van der Waals surface area contributed by atoms with Gasteiger partial charge in [0.05, 0.1) is 11.8 Å². The van der Waals surface area contributed by atoms with Gasteiger partial charge in [-0.2, -0.15) is 0 Å². The van der Waals surface area contributed by atoms with Crippen LogP contribution in [0, 0.1) is 20.8 Å². The average Bonchev–Trinajstić information content (AvgIpc) is 3.39. The van der Waals surface area contributed by atoms with Crippen molar-refractivity contribution in [2.75, 3.05) is 11.9 Å². The Kier molecular flexibility index (Phi) is 5.84. The number of carbonyl (C=O) groups excluding carboxylic acids is 2. The van der Waals surface area contributed by atoms with Crippen LogP contribution in [0.25, 0.3) is 0 Å². The third-order valence-electron chi connectivity index (χ3n) is 4.57. The highest BCUT2D eigenvalue weighted by Gasteiger charge is 2.29. The molecule has 1 saturated carbocycles. The molecule has 1 aromatic heterocycles. The molecule has 0 unspecified atom stereocenters. The summed E-state index contributed by atoms with van der Waals surface area (Å²) in [5.74, 6) is 0.440. The zero-order chi connectivity index (χ0) is 19.6. The molecule has 1 atom stereocenters. The molecule has 0 spiro atoms. The van der Waals surface area contributed by atoms with Gasteiger partial charge < -0.3 is 15.2 Å². The summed E-state index contributed by atoms with van der Waals surface area (Å²) in [7, 11) is 0. The van der Waals surface area contributed by atoms with Crippen LogP contribution in [0.2, 0.25) is 0 Å². The lowest BCUT2D eigenvalue weighted by Gasteiger charge is -2.14. The van der Waals surface area contributed by atoms with Crippen LogP contribution in [0.15, 0.2) is 23.4 Å². The molecule has 1 aliphatic carbocycles. The molecule has 0 saturated heterocycles. The van der Waals surface area contributed by atoms with Gasteiger partial charge in [0.25, 0.3) is 0 Å². The SMILES string of the molecule is Cc1cccc(C)c1NC(=O)CNC(=O)[C@H](C)Sc1nnc(C)n1C1CC1. The second kappa shape index (κ2) is 8.12. The standard InChI is InChI=1S/C19H25N5O2S/c1-11-6-5-7-12(2)17(11)21-16(25)10-20-18(26)13(3)27-19-23-22-14(4)24(19)15-8-9-15/h5-7,13,15H,8-10H2,1-4H3,(H,20,26)(H,21,25)/t13-/m0/s1. The van der Waals surface area contributed by atoms with E-state index < -0.39 is 0 Å². The van der Waals surface area contributed by atoms with E-state index in [2.05, 4.69) is 25.4 Å². The summed E-state index contributed by atoms with van der Waals surface area (Å²) in [5.41, 5.74) is 2.79. The van der Waals surface area contributed by atoms with Crippen molar-refractivity contribution in [3.63, 3.8) is 0 Å². The molecule has 1 heterocycles. The Morgan fingerprint density at radius 3 is 2.52 bits per heavy atom. The number of para-hydroxylation sites is 1. The van der Waals surface area contributed by atoms with E-state index in [1.807, 2.05) is 45.9 Å². The lowest BCUT2D eigenvalue weighted by molar-refractivity contribution is -0.123. The maximum Gasteiger partial charge on any atom is 0.243 e. The van der Waals surface area contributed by atoms with Gasteiger partial charge in [-0.3, -0.25) is 9.59 Å². The molecule has 8 heteroatoms. The Balaban J connectivity index is 1.52. The fraction of sp³-hybridized carbons (Fsp3) is 0.474. The molecular formula is C19H25N5O2S. The summed E-state index contributed by atoms with van der Waals surface area (Å²) in [6.45, 7) is 7.56. The van der Waals surface area contributed by atoms with Crippen molar-refractivity contribution < 1.29 is 9.59 Å². The maximum absolute atomic E-state index is 12.4. The third kappa shape index (κ3) is 4.68. The van der Waals surface area contributed by atoms with Gasteiger partial charge >= 0.3 is 0 Å². The van der Waals surface area contributed by atoms with Crippen molar-refractivity contribution in [1.29, 1.82) is 0 Å². The van der Waals surface area contributed by atoms with Gasteiger partial charge in [-0.1, -0.05) is 30.0 Å². The first-order valence-corrected chi connectivity index (χ1v) is 9.96. The Hall–Kier alpha value is -2.35. The van der Waals surface area contributed by atoms with Crippen LogP contribution < -0.4 is 10.6 Å². The van der Waals surface area contributed by atoms with E-state index in [9.17, 15) is 9.59 Å². The number of benzene rings is 1. The highest BCUT2D eigenvalue weighted by atomic mass is 32.2. The Bertz CT molecular complexity index is 840.